The van der Waals surface area contributed by atoms with Crippen LogP contribution in [0.1, 0.15) is 33.1 Å². The van der Waals surface area contributed by atoms with Gasteiger partial charge in [0.2, 0.25) is 0 Å². The van der Waals surface area contributed by atoms with Gasteiger partial charge in [-0.3, -0.25) is 9.59 Å². The van der Waals surface area contributed by atoms with Crippen molar-refractivity contribution in [3.8, 4) is 0 Å². The summed E-state index contributed by atoms with van der Waals surface area (Å²) in [5.74, 6) is -0.254. The Morgan fingerprint density at radius 3 is 2.87 bits per heavy atom. The highest BCUT2D eigenvalue weighted by Crippen LogP contribution is 2.38. The quantitative estimate of drug-likeness (QED) is 0.346. The SMILES string of the molecule is CCOC(=O)C1(CI)CCCC(C)C1=O. The van der Waals surface area contributed by atoms with Crippen molar-refractivity contribution in [1.82, 2.24) is 0 Å². The van der Waals surface area contributed by atoms with Crippen LogP contribution in [0.5, 0.6) is 0 Å². The summed E-state index contributed by atoms with van der Waals surface area (Å²) in [6.45, 7) is 4.02. The molecule has 1 rings (SSSR count). The Labute approximate surface area is 104 Å². The fourth-order valence-electron chi connectivity index (χ4n) is 2.10. The van der Waals surface area contributed by atoms with Crippen molar-refractivity contribution >= 4 is 34.3 Å². The first-order chi connectivity index (χ1) is 7.08. The van der Waals surface area contributed by atoms with Gasteiger partial charge in [0, 0.05) is 10.3 Å². The van der Waals surface area contributed by atoms with Gasteiger partial charge < -0.3 is 4.74 Å². The molecule has 0 heterocycles. The van der Waals surface area contributed by atoms with Crippen LogP contribution in [0.15, 0.2) is 0 Å². The molecule has 2 atom stereocenters. The van der Waals surface area contributed by atoms with Crippen molar-refractivity contribution in [1.29, 1.82) is 0 Å². The lowest BCUT2D eigenvalue weighted by molar-refractivity contribution is -0.161. The molecule has 0 saturated heterocycles. The van der Waals surface area contributed by atoms with Gasteiger partial charge in [0.1, 0.15) is 5.41 Å². The number of carbonyl (C=O) groups excluding carboxylic acids is 2. The van der Waals surface area contributed by atoms with Gasteiger partial charge in [-0.2, -0.15) is 0 Å². The van der Waals surface area contributed by atoms with Crippen LogP contribution in [0.25, 0.3) is 0 Å². The maximum absolute atomic E-state index is 12.1. The maximum atomic E-state index is 12.1. The molecular weight excluding hydrogens is 307 g/mol. The predicted molar refractivity (Wildman–Crippen MR) is 66.0 cm³/mol. The number of ether oxygens (including phenoxy) is 1. The van der Waals surface area contributed by atoms with Crippen LogP contribution in [-0.4, -0.2) is 22.8 Å². The Kier molecular flexibility index (Phi) is 4.55. The average molecular weight is 324 g/mol. The Morgan fingerprint density at radius 2 is 2.33 bits per heavy atom. The Hall–Kier alpha value is -0.130. The van der Waals surface area contributed by atoms with Crippen LogP contribution < -0.4 is 0 Å². The fraction of sp³-hybridized carbons (Fsp3) is 0.818. The van der Waals surface area contributed by atoms with E-state index in [-0.39, 0.29) is 17.7 Å². The first kappa shape index (κ1) is 12.9. The number of esters is 1. The fourth-order valence-corrected chi connectivity index (χ4v) is 3.16. The molecule has 0 bridgehead atoms. The summed E-state index contributed by atoms with van der Waals surface area (Å²) in [4.78, 5) is 23.9. The summed E-state index contributed by atoms with van der Waals surface area (Å²) in [6.07, 6.45) is 2.49. The molecular formula is C11H17IO3. The highest BCUT2D eigenvalue weighted by molar-refractivity contribution is 14.1. The lowest BCUT2D eigenvalue weighted by atomic mass is 9.70. The summed E-state index contributed by atoms with van der Waals surface area (Å²) in [5, 5.41) is 0. The van der Waals surface area contributed by atoms with E-state index in [4.69, 9.17) is 4.74 Å². The minimum absolute atomic E-state index is 0.00192. The Balaban J connectivity index is 2.91. The molecule has 1 saturated carbocycles. The largest absolute Gasteiger partial charge is 0.465 e. The van der Waals surface area contributed by atoms with Crippen molar-refractivity contribution in [2.45, 2.75) is 33.1 Å². The molecule has 1 aliphatic rings. The van der Waals surface area contributed by atoms with E-state index in [0.29, 0.717) is 17.5 Å². The van der Waals surface area contributed by atoms with Crippen LogP contribution in [0.4, 0.5) is 0 Å². The second kappa shape index (κ2) is 5.27. The second-order valence-electron chi connectivity index (χ2n) is 4.09. The van der Waals surface area contributed by atoms with E-state index in [9.17, 15) is 9.59 Å². The first-order valence-electron chi connectivity index (χ1n) is 5.36. The molecule has 0 spiro atoms. The first-order valence-corrected chi connectivity index (χ1v) is 6.88. The van der Waals surface area contributed by atoms with Gasteiger partial charge in [0.05, 0.1) is 6.61 Å². The lowest BCUT2D eigenvalue weighted by Crippen LogP contribution is -2.47. The number of hydrogen-bond acceptors (Lipinski definition) is 3. The van der Waals surface area contributed by atoms with Gasteiger partial charge >= 0.3 is 5.97 Å². The van der Waals surface area contributed by atoms with E-state index in [2.05, 4.69) is 22.6 Å². The molecule has 0 N–H and O–H groups in total. The van der Waals surface area contributed by atoms with Crippen molar-refractivity contribution in [3.63, 3.8) is 0 Å². The number of halogens is 1. The van der Waals surface area contributed by atoms with Gasteiger partial charge in [0.25, 0.3) is 0 Å². The van der Waals surface area contributed by atoms with Gasteiger partial charge in [-0.05, 0) is 19.8 Å². The van der Waals surface area contributed by atoms with Crippen LogP contribution in [0, 0.1) is 11.3 Å². The zero-order chi connectivity index (χ0) is 11.5. The predicted octanol–water partition coefficient (Wildman–Crippen LogP) is 2.36. The van der Waals surface area contributed by atoms with Gasteiger partial charge in [-0.1, -0.05) is 35.9 Å². The minimum Gasteiger partial charge on any atom is -0.465 e. The van der Waals surface area contributed by atoms with E-state index < -0.39 is 5.41 Å². The Bertz CT molecular complexity index is 265. The van der Waals surface area contributed by atoms with E-state index in [0.717, 1.165) is 12.8 Å². The van der Waals surface area contributed by atoms with Crippen LogP contribution in [-0.2, 0) is 14.3 Å². The third-order valence-corrected chi connectivity index (χ3v) is 4.36. The molecule has 1 aliphatic carbocycles. The molecule has 1 fully saturated rings. The molecule has 3 nitrogen and oxygen atoms in total. The third kappa shape index (κ3) is 2.34. The minimum atomic E-state index is -0.853. The van der Waals surface area contributed by atoms with Crippen molar-refractivity contribution < 1.29 is 14.3 Å². The number of rotatable bonds is 3. The van der Waals surface area contributed by atoms with Crippen molar-refractivity contribution in [3.05, 3.63) is 0 Å². The van der Waals surface area contributed by atoms with Crippen LogP contribution >= 0.6 is 22.6 Å². The zero-order valence-corrected chi connectivity index (χ0v) is 11.4. The lowest BCUT2D eigenvalue weighted by Gasteiger charge is -2.34. The average Bonchev–Trinajstić information content (AvgIpc) is 2.23. The summed E-state index contributed by atoms with van der Waals surface area (Å²) < 4.78 is 5.56. The van der Waals surface area contributed by atoms with Gasteiger partial charge in [-0.25, -0.2) is 0 Å². The molecule has 0 amide bonds. The van der Waals surface area contributed by atoms with E-state index in [1.54, 1.807) is 6.92 Å². The molecule has 15 heavy (non-hydrogen) atoms. The molecule has 2 unspecified atom stereocenters. The van der Waals surface area contributed by atoms with Crippen molar-refractivity contribution in [2.75, 3.05) is 11.0 Å². The van der Waals surface area contributed by atoms with E-state index in [1.165, 1.54) is 0 Å². The van der Waals surface area contributed by atoms with E-state index in [1.807, 2.05) is 6.92 Å². The number of ketones is 1. The standard InChI is InChI=1S/C11H17IO3/c1-3-15-10(14)11(7-12)6-4-5-8(2)9(11)13/h8H,3-7H2,1-2H3. The van der Waals surface area contributed by atoms with Gasteiger partial charge in [0.15, 0.2) is 5.78 Å². The number of alkyl halides is 1. The third-order valence-electron chi connectivity index (χ3n) is 3.05. The zero-order valence-electron chi connectivity index (χ0n) is 9.22. The number of Topliss-reactive ketones (excluding diaryl/α,β-unsaturated/α-hetero) is 1. The smallest absolute Gasteiger partial charge is 0.320 e. The monoisotopic (exact) mass is 324 g/mol. The highest BCUT2D eigenvalue weighted by Gasteiger charge is 2.49. The summed E-state index contributed by atoms with van der Waals surface area (Å²) >= 11 is 2.12. The van der Waals surface area contributed by atoms with Gasteiger partial charge in [-0.15, -0.1) is 0 Å². The molecule has 4 heteroatoms. The number of hydrogen-bond donors (Lipinski definition) is 0. The molecule has 0 aromatic carbocycles. The second-order valence-corrected chi connectivity index (χ2v) is 4.86. The van der Waals surface area contributed by atoms with Crippen LogP contribution in [0.2, 0.25) is 0 Å². The summed E-state index contributed by atoms with van der Waals surface area (Å²) in [5.41, 5.74) is -0.853. The molecule has 0 aromatic heterocycles. The van der Waals surface area contributed by atoms with Crippen molar-refractivity contribution in [2.24, 2.45) is 11.3 Å². The molecule has 86 valence electrons. The molecule has 0 aliphatic heterocycles. The Morgan fingerprint density at radius 1 is 1.67 bits per heavy atom. The van der Waals surface area contributed by atoms with E-state index >= 15 is 0 Å². The summed E-state index contributed by atoms with van der Waals surface area (Å²) in [7, 11) is 0. The van der Waals surface area contributed by atoms with Crippen LogP contribution in [0.3, 0.4) is 0 Å². The maximum Gasteiger partial charge on any atom is 0.320 e. The summed E-state index contributed by atoms with van der Waals surface area (Å²) in [6, 6.07) is 0. The topological polar surface area (TPSA) is 43.4 Å². The molecule has 0 radical (unpaired) electrons. The normalized spacial score (nSPS) is 31.4. The number of carbonyl (C=O) groups is 2. The molecule has 0 aromatic rings. The highest BCUT2D eigenvalue weighted by atomic mass is 127.